The maximum absolute atomic E-state index is 11.9. The number of carbonyl (C=O) groups is 1. The molecule has 0 spiro atoms. The van der Waals surface area contributed by atoms with Crippen molar-refractivity contribution in [1.82, 2.24) is 4.57 Å². The molecule has 1 heterocycles. The Bertz CT molecular complexity index is 374. The molecule has 0 N–H and O–H groups in total. The summed E-state index contributed by atoms with van der Waals surface area (Å²) in [7, 11) is 3.03. The lowest BCUT2D eigenvalue weighted by atomic mass is 10.2. The summed E-state index contributed by atoms with van der Waals surface area (Å²) in [5, 5.41) is 0. The van der Waals surface area contributed by atoms with Crippen LogP contribution in [0.5, 0.6) is 0 Å². The minimum absolute atomic E-state index is 0.448. The van der Waals surface area contributed by atoms with Gasteiger partial charge in [0.15, 0.2) is 6.29 Å². The number of nitrogens with zero attached hydrogens (tertiary/aromatic N) is 1. The molecule has 0 saturated carbocycles. The van der Waals surface area contributed by atoms with Crippen molar-refractivity contribution in [3.8, 4) is 0 Å². The van der Waals surface area contributed by atoms with Gasteiger partial charge in [-0.25, -0.2) is 4.79 Å². The van der Waals surface area contributed by atoms with Crippen molar-refractivity contribution >= 4 is 6.09 Å². The second-order valence-corrected chi connectivity index (χ2v) is 4.59. The predicted octanol–water partition coefficient (Wildman–Crippen LogP) is 2.56. The molecule has 5 nitrogen and oxygen atoms in total. The molecule has 96 valence electrons. The summed E-state index contributed by atoms with van der Waals surface area (Å²) in [6.07, 6.45) is 0.586. The SMILES string of the molecule is COC(OC)c1cccn1C(=O)OC(C)(C)C. The van der Waals surface area contributed by atoms with Crippen molar-refractivity contribution in [2.75, 3.05) is 14.2 Å². The molecule has 0 saturated heterocycles. The van der Waals surface area contributed by atoms with Gasteiger partial charge in [0, 0.05) is 20.4 Å². The highest BCUT2D eigenvalue weighted by Crippen LogP contribution is 2.19. The summed E-state index contributed by atoms with van der Waals surface area (Å²) in [6.45, 7) is 5.45. The van der Waals surface area contributed by atoms with E-state index in [-0.39, 0.29) is 0 Å². The lowest BCUT2D eigenvalue weighted by molar-refractivity contribution is -0.110. The van der Waals surface area contributed by atoms with Gasteiger partial charge in [-0.1, -0.05) is 0 Å². The van der Waals surface area contributed by atoms with Crippen LogP contribution < -0.4 is 0 Å². The normalized spacial score (nSPS) is 11.9. The zero-order chi connectivity index (χ0) is 13.1. The molecule has 5 heteroatoms. The highest BCUT2D eigenvalue weighted by atomic mass is 16.7. The standard InChI is InChI=1S/C12H19NO4/c1-12(2,3)17-11(14)13-8-6-7-9(13)10(15-4)16-5/h6-8,10H,1-5H3. The molecule has 1 aromatic rings. The van der Waals surface area contributed by atoms with Crippen LogP contribution in [0.15, 0.2) is 18.3 Å². The van der Waals surface area contributed by atoms with E-state index in [1.807, 2.05) is 20.8 Å². The summed E-state index contributed by atoms with van der Waals surface area (Å²) >= 11 is 0. The molecule has 0 radical (unpaired) electrons. The third-order valence-electron chi connectivity index (χ3n) is 2.04. The molecule has 0 aliphatic carbocycles. The molecule has 0 atom stereocenters. The van der Waals surface area contributed by atoms with Crippen molar-refractivity contribution in [3.05, 3.63) is 24.0 Å². The Morgan fingerprint density at radius 1 is 1.29 bits per heavy atom. The van der Waals surface area contributed by atoms with E-state index in [2.05, 4.69) is 0 Å². The number of hydrogen-bond donors (Lipinski definition) is 0. The van der Waals surface area contributed by atoms with E-state index in [0.717, 1.165) is 0 Å². The molecule has 0 aromatic carbocycles. The molecule has 1 rings (SSSR count). The van der Waals surface area contributed by atoms with Crippen LogP contribution in [-0.2, 0) is 14.2 Å². The van der Waals surface area contributed by atoms with Crippen LogP contribution in [0.4, 0.5) is 4.79 Å². The Balaban J connectivity index is 2.92. The molecule has 0 amide bonds. The van der Waals surface area contributed by atoms with E-state index in [1.54, 1.807) is 18.3 Å². The topological polar surface area (TPSA) is 49.7 Å². The van der Waals surface area contributed by atoms with Gasteiger partial charge in [0.2, 0.25) is 0 Å². The van der Waals surface area contributed by atoms with Crippen molar-refractivity contribution in [1.29, 1.82) is 0 Å². The lowest BCUT2D eigenvalue weighted by Crippen LogP contribution is -2.28. The lowest BCUT2D eigenvalue weighted by Gasteiger charge is -2.21. The zero-order valence-corrected chi connectivity index (χ0v) is 10.9. The van der Waals surface area contributed by atoms with Crippen LogP contribution in [0, 0.1) is 0 Å². The first kappa shape index (κ1) is 13.7. The minimum atomic E-state index is -0.586. The van der Waals surface area contributed by atoms with Gasteiger partial charge < -0.3 is 14.2 Å². The number of ether oxygens (including phenoxy) is 3. The number of hydrogen-bond acceptors (Lipinski definition) is 4. The Kier molecular flexibility index (Phi) is 4.31. The van der Waals surface area contributed by atoms with Crippen LogP contribution in [0.3, 0.4) is 0 Å². The van der Waals surface area contributed by atoms with Crippen LogP contribution in [0.1, 0.15) is 32.8 Å². The third-order valence-corrected chi connectivity index (χ3v) is 2.04. The van der Waals surface area contributed by atoms with E-state index in [0.29, 0.717) is 5.69 Å². The average molecular weight is 241 g/mol. The van der Waals surface area contributed by atoms with Gasteiger partial charge in [-0.05, 0) is 32.9 Å². The molecule has 0 unspecified atom stereocenters. The van der Waals surface area contributed by atoms with Crippen molar-refractivity contribution in [3.63, 3.8) is 0 Å². The molecule has 0 aliphatic heterocycles. The molecule has 1 aromatic heterocycles. The van der Waals surface area contributed by atoms with Crippen molar-refractivity contribution < 1.29 is 19.0 Å². The average Bonchev–Trinajstić information content (AvgIpc) is 2.66. The van der Waals surface area contributed by atoms with Gasteiger partial charge in [-0.15, -0.1) is 0 Å². The molecule has 17 heavy (non-hydrogen) atoms. The second-order valence-electron chi connectivity index (χ2n) is 4.59. The van der Waals surface area contributed by atoms with Crippen LogP contribution in [-0.4, -0.2) is 30.5 Å². The third kappa shape index (κ3) is 3.57. The van der Waals surface area contributed by atoms with Gasteiger partial charge in [-0.3, -0.25) is 4.57 Å². The largest absolute Gasteiger partial charge is 0.443 e. The van der Waals surface area contributed by atoms with Crippen LogP contribution >= 0.6 is 0 Å². The highest BCUT2D eigenvalue weighted by Gasteiger charge is 2.22. The first-order valence-corrected chi connectivity index (χ1v) is 5.35. The Morgan fingerprint density at radius 2 is 1.88 bits per heavy atom. The van der Waals surface area contributed by atoms with Gasteiger partial charge in [-0.2, -0.15) is 0 Å². The maximum Gasteiger partial charge on any atom is 0.418 e. The highest BCUT2D eigenvalue weighted by molar-refractivity contribution is 5.72. The number of rotatable bonds is 3. The smallest absolute Gasteiger partial charge is 0.418 e. The van der Waals surface area contributed by atoms with Crippen molar-refractivity contribution in [2.24, 2.45) is 0 Å². The van der Waals surface area contributed by atoms with Gasteiger partial charge in [0.05, 0.1) is 5.69 Å². The molecular weight excluding hydrogens is 222 g/mol. The Morgan fingerprint density at radius 3 is 2.35 bits per heavy atom. The van der Waals surface area contributed by atoms with Gasteiger partial charge in [0.25, 0.3) is 0 Å². The molecule has 0 fully saturated rings. The van der Waals surface area contributed by atoms with Crippen LogP contribution in [0.25, 0.3) is 0 Å². The predicted molar refractivity (Wildman–Crippen MR) is 62.8 cm³/mol. The summed E-state index contributed by atoms with van der Waals surface area (Å²) in [5.41, 5.74) is 0.0677. The second kappa shape index (κ2) is 5.33. The number of methoxy groups -OCH3 is 2. The first-order valence-electron chi connectivity index (χ1n) is 5.35. The monoisotopic (exact) mass is 241 g/mol. The fourth-order valence-electron chi connectivity index (χ4n) is 1.40. The summed E-state index contributed by atoms with van der Waals surface area (Å²) < 4.78 is 16.9. The maximum atomic E-state index is 11.9. The Hall–Kier alpha value is -1.33. The zero-order valence-electron chi connectivity index (χ0n) is 10.9. The fourth-order valence-corrected chi connectivity index (χ4v) is 1.40. The van der Waals surface area contributed by atoms with E-state index in [1.165, 1.54) is 18.8 Å². The van der Waals surface area contributed by atoms with E-state index >= 15 is 0 Å². The number of carbonyl (C=O) groups excluding carboxylic acids is 1. The summed E-state index contributed by atoms with van der Waals surface area (Å²) in [6, 6.07) is 3.49. The van der Waals surface area contributed by atoms with Crippen molar-refractivity contribution in [2.45, 2.75) is 32.7 Å². The van der Waals surface area contributed by atoms with Gasteiger partial charge >= 0.3 is 6.09 Å². The van der Waals surface area contributed by atoms with Gasteiger partial charge in [0.1, 0.15) is 5.60 Å². The first-order chi connectivity index (χ1) is 7.89. The van der Waals surface area contributed by atoms with E-state index in [4.69, 9.17) is 14.2 Å². The summed E-state index contributed by atoms with van der Waals surface area (Å²) in [4.78, 5) is 11.9. The molecule has 0 aliphatic rings. The van der Waals surface area contributed by atoms with E-state index < -0.39 is 18.0 Å². The summed E-state index contributed by atoms with van der Waals surface area (Å²) in [5.74, 6) is 0. The van der Waals surface area contributed by atoms with Crippen LogP contribution in [0.2, 0.25) is 0 Å². The number of aromatic nitrogens is 1. The quantitative estimate of drug-likeness (QED) is 0.763. The fraction of sp³-hybridized carbons (Fsp3) is 0.583. The molecule has 0 bridgehead atoms. The molecular formula is C12H19NO4. The minimum Gasteiger partial charge on any atom is -0.443 e. The Labute approximate surface area is 101 Å². The van der Waals surface area contributed by atoms with E-state index in [9.17, 15) is 4.79 Å².